The Kier molecular flexibility index (Phi) is 4.57. The SMILES string of the molecule is Cc1cccc(Cn2ccc(NC(=O)c3ccccc3Br)n2)c1. The second-order valence-corrected chi connectivity index (χ2v) is 6.18. The highest BCUT2D eigenvalue weighted by molar-refractivity contribution is 9.10. The molecule has 0 aliphatic rings. The lowest BCUT2D eigenvalue weighted by Gasteiger charge is -2.05. The minimum absolute atomic E-state index is 0.182. The third kappa shape index (κ3) is 3.87. The number of aromatic nitrogens is 2. The highest BCUT2D eigenvalue weighted by atomic mass is 79.9. The fourth-order valence-corrected chi connectivity index (χ4v) is 2.81. The number of carbonyl (C=O) groups is 1. The van der Waals surface area contributed by atoms with Crippen LogP contribution in [0.3, 0.4) is 0 Å². The standard InChI is InChI=1S/C18H16BrN3O/c1-13-5-4-6-14(11-13)12-22-10-9-17(21-22)20-18(23)15-7-2-3-8-16(15)19/h2-11H,12H2,1H3,(H,20,21,23). The van der Waals surface area contributed by atoms with E-state index in [-0.39, 0.29) is 5.91 Å². The predicted molar refractivity (Wildman–Crippen MR) is 94.6 cm³/mol. The number of benzene rings is 2. The average Bonchev–Trinajstić information content (AvgIpc) is 2.94. The van der Waals surface area contributed by atoms with Crippen molar-refractivity contribution in [3.8, 4) is 0 Å². The van der Waals surface area contributed by atoms with Crippen molar-refractivity contribution >= 4 is 27.7 Å². The van der Waals surface area contributed by atoms with Crippen molar-refractivity contribution in [2.75, 3.05) is 5.32 Å². The number of nitrogens with one attached hydrogen (secondary N) is 1. The Balaban J connectivity index is 1.70. The van der Waals surface area contributed by atoms with Crippen molar-refractivity contribution in [2.45, 2.75) is 13.5 Å². The first-order chi connectivity index (χ1) is 11.1. The van der Waals surface area contributed by atoms with Crippen LogP contribution in [0.1, 0.15) is 21.5 Å². The Morgan fingerprint density at radius 3 is 2.78 bits per heavy atom. The van der Waals surface area contributed by atoms with E-state index in [0.29, 0.717) is 17.9 Å². The van der Waals surface area contributed by atoms with Gasteiger partial charge >= 0.3 is 0 Å². The van der Waals surface area contributed by atoms with E-state index >= 15 is 0 Å². The number of nitrogens with zero attached hydrogens (tertiary/aromatic N) is 2. The molecule has 1 amide bonds. The highest BCUT2D eigenvalue weighted by Crippen LogP contribution is 2.17. The van der Waals surface area contributed by atoms with Gasteiger partial charge in [0.1, 0.15) is 0 Å². The Morgan fingerprint density at radius 1 is 1.17 bits per heavy atom. The van der Waals surface area contributed by atoms with Crippen LogP contribution in [0.2, 0.25) is 0 Å². The second-order valence-electron chi connectivity index (χ2n) is 5.32. The number of hydrogen-bond donors (Lipinski definition) is 1. The Hall–Kier alpha value is -2.40. The molecule has 3 aromatic rings. The third-order valence-corrected chi connectivity index (χ3v) is 4.12. The van der Waals surface area contributed by atoms with Gasteiger partial charge in [0.05, 0.1) is 12.1 Å². The van der Waals surface area contributed by atoms with E-state index in [2.05, 4.69) is 51.5 Å². The molecule has 3 rings (SSSR count). The molecule has 0 spiro atoms. The van der Waals surface area contributed by atoms with Gasteiger partial charge in [-0.3, -0.25) is 9.48 Å². The van der Waals surface area contributed by atoms with Gasteiger partial charge < -0.3 is 5.32 Å². The van der Waals surface area contributed by atoms with Gasteiger partial charge in [-0.1, -0.05) is 42.0 Å². The lowest BCUT2D eigenvalue weighted by molar-refractivity contribution is 0.102. The van der Waals surface area contributed by atoms with Crippen LogP contribution in [0.25, 0.3) is 0 Å². The van der Waals surface area contributed by atoms with E-state index in [9.17, 15) is 4.79 Å². The zero-order valence-corrected chi connectivity index (χ0v) is 14.2. The summed E-state index contributed by atoms with van der Waals surface area (Å²) in [6.07, 6.45) is 1.86. The topological polar surface area (TPSA) is 46.9 Å². The molecule has 116 valence electrons. The van der Waals surface area contributed by atoms with Crippen molar-refractivity contribution in [1.82, 2.24) is 9.78 Å². The second kappa shape index (κ2) is 6.79. The van der Waals surface area contributed by atoms with Gasteiger partial charge in [0.15, 0.2) is 5.82 Å². The molecule has 0 unspecified atom stereocenters. The first-order valence-corrected chi connectivity index (χ1v) is 8.06. The van der Waals surface area contributed by atoms with Gasteiger partial charge in [-0.2, -0.15) is 5.10 Å². The number of aryl methyl sites for hydroxylation is 1. The zero-order valence-electron chi connectivity index (χ0n) is 12.7. The molecule has 0 fully saturated rings. The number of hydrogen-bond acceptors (Lipinski definition) is 2. The minimum atomic E-state index is -0.182. The number of carbonyl (C=O) groups excluding carboxylic acids is 1. The van der Waals surface area contributed by atoms with Crippen LogP contribution in [0.15, 0.2) is 65.3 Å². The maximum Gasteiger partial charge on any atom is 0.258 e. The van der Waals surface area contributed by atoms with Gasteiger partial charge in [-0.25, -0.2) is 0 Å². The molecule has 1 N–H and O–H groups in total. The molecule has 0 saturated carbocycles. The van der Waals surface area contributed by atoms with Crippen molar-refractivity contribution in [3.05, 3.63) is 82.0 Å². The van der Waals surface area contributed by atoms with E-state index in [1.165, 1.54) is 11.1 Å². The molecular weight excluding hydrogens is 354 g/mol. The van der Waals surface area contributed by atoms with Crippen LogP contribution in [0, 0.1) is 6.92 Å². The fourth-order valence-electron chi connectivity index (χ4n) is 2.34. The largest absolute Gasteiger partial charge is 0.305 e. The smallest absolute Gasteiger partial charge is 0.258 e. The first-order valence-electron chi connectivity index (χ1n) is 7.27. The summed E-state index contributed by atoms with van der Waals surface area (Å²) < 4.78 is 2.57. The Bertz CT molecular complexity index is 842. The maximum atomic E-state index is 12.3. The van der Waals surface area contributed by atoms with Crippen LogP contribution in [0.4, 0.5) is 5.82 Å². The summed E-state index contributed by atoms with van der Waals surface area (Å²) >= 11 is 3.38. The van der Waals surface area contributed by atoms with Crippen LogP contribution in [-0.2, 0) is 6.54 Å². The molecule has 0 bridgehead atoms. The van der Waals surface area contributed by atoms with E-state index in [4.69, 9.17) is 0 Å². The molecule has 1 heterocycles. The molecule has 4 nitrogen and oxygen atoms in total. The van der Waals surface area contributed by atoms with E-state index < -0.39 is 0 Å². The monoisotopic (exact) mass is 369 g/mol. The summed E-state index contributed by atoms with van der Waals surface area (Å²) in [5, 5.41) is 7.22. The number of amides is 1. The van der Waals surface area contributed by atoms with Gasteiger partial charge in [-0.05, 0) is 40.5 Å². The van der Waals surface area contributed by atoms with Crippen LogP contribution in [-0.4, -0.2) is 15.7 Å². The molecular formula is C18H16BrN3O. The molecule has 23 heavy (non-hydrogen) atoms. The minimum Gasteiger partial charge on any atom is -0.305 e. The van der Waals surface area contributed by atoms with Gasteiger partial charge in [0, 0.05) is 16.7 Å². The van der Waals surface area contributed by atoms with Crippen LogP contribution >= 0.6 is 15.9 Å². The molecule has 0 radical (unpaired) electrons. The average molecular weight is 370 g/mol. The Labute approximate surface area is 143 Å². The first kappa shape index (κ1) is 15.5. The molecule has 0 aliphatic heterocycles. The van der Waals surface area contributed by atoms with E-state index in [1.807, 2.05) is 35.1 Å². The van der Waals surface area contributed by atoms with Crippen LogP contribution in [0.5, 0.6) is 0 Å². The lowest BCUT2D eigenvalue weighted by atomic mass is 10.1. The lowest BCUT2D eigenvalue weighted by Crippen LogP contribution is -2.13. The summed E-state index contributed by atoms with van der Waals surface area (Å²) in [7, 11) is 0. The van der Waals surface area contributed by atoms with Gasteiger partial charge in [-0.15, -0.1) is 0 Å². The molecule has 0 aliphatic carbocycles. The molecule has 1 aromatic heterocycles. The Morgan fingerprint density at radius 2 is 2.00 bits per heavy atom. The van der Waals surface area contributed by atoms with Crippen molar-refractivity contribution in [3.63, 3.8) is 0 Å². The van der Waals surface area contributed by atoms with Gasteiger partial charge in [0.2, 0.25) is 0 Å². The predicted octanol–water partition coefficient (Wildman–Crippen LogP) is 4.25. The molecule has 2 aromatic carbocycles. The maximum absolute atomic E-state index is 12.3. The zero-order chi connectivity index (χ0) is 16.2. The third-order valence-electron chi connectivity index (χ3n) is 3.43. The fraction of sp³-hybridized carbons (Fsp3) is 0.111. The highest BCUT2D eigenvalue weighted by Gasteiger charge is 2.11. The molecule has 5 heteroatoms. The van der Waals surface area contributed by atoms with Crippen LogP contribution < -0.4 is 5.32 Å². The summed E-state index contributed by atoms with van der Waals surface area (Å²) in [4.78, 5) is 12.3. The van der Waals surface area contributed by atoms with Crippen molar-refractivity contribution in [2.24, 2.45) is 0 Å². The van der Waals surface area contributed by atoms with E-state index in [0.717, 1.165) is 4.47 Å². The summed E-state index contributed by atoms with van der Waals surface area (Å²) in [6.45, 7) is 2.74. The summed E-state index contributed by atoms with van der Waals surface area (Å²) in [5.41, 5.74) is 2.98. The molecule has 0 saturated heterocycles. The number of rotatable bonds is 4. The molecule has 0 atom stereocenters. The van der Waals surface area contributed by atoms with E-state index in [1.54, 1.807) is 12.1 Å². The normalized spacial score (nSPS) is 10.5. The number of halogens is 1. The summed E-state index contributed by atoms with van der Waals surface area (Å²) in [6, 6.07) is 17.4. The summed E-state index contributed by atoms with van der Waals surface area (Å²) in [5.74, 6) is 0.358. The van der Waals surface area contributed by atoms with Crippen molar-refractivity contribution in [1.29, 1.82) is 0 Å². The van der Waals surface area contributed by atoms with Crippen molar-refractivity contribution < 1.29 is 4.79 Å². The van der Waals surface area contributed by atoms with Gasteiger partial charge in [0.25, 0.3) is 5.91 Å². The quantitative estimate of drug-likeness (QED) is 0.746. The number of anilines is 1.